The van der Waals surface area contributed by atoms with Gasteiger partial charge in [0.25, 0.3) is 0 Å². The fourth-order valence-electron chi connectivity index (χ4n) is 1.68. The van der Waals surface area contributed by atoms with Gasteiger partial charge in [-0.25, -0.2) is 0 Å². The lowest BCUT2D eigenvalue weighted by Gasteiger charge is -2.18. The first-order valence-electron chi connectivity index (χ1n) is 5.03. The Morgan fingerprint density at radius 3 is 2.79 bits per heavy atom. The van der Waals surface area contributed by atoms with Gasteiger partial charge in [-0.15, -0.1) is 0 Å². The van der Waals surface area contributed by atoms with Crippen molar-refractivity contribution in [2.75, 3.05) is 18.0 Å². The van der Waals surface area contributed by atoms with Gasteiger partial charge in [0.2, 0.25) is 0 Å². The molecule has 2 rings (SSSR count). The van der Waals surface area contributed by atoms with Crippen molar-refractivity contribution in [1.82, 2.24) is 9.97 Å². The second-order valence-corrected chi connectivity index (χ2v) is 3.26. The van der Waals surface area contributed by atoms with E-state index in [0.29, 0.717) is 0 Å². The summed E-state index contributed by atoms with van der Waals surface area (Å²) in [6, 6.07) is 6.10. The Bertz CT molecular complexity index is 382. The van der Waals surface area contributed by atoms with E-state index in [-0.39, 0.29) is 0 Å². The molecule has 0 aliphatic rings. The molecular formula is C11H15N3. The van der Waals surface area contributed by atoms with Crippen molar-refractivity contribution < 1.29 is 0 Å². The normalized spacial score (nSPS) is 10.7. The predicted molar refractivity (Wildman–Crippen MR) is 59.7 cm³/mol. The molecular weight excluding hydrogens is 174 g/mol. The summed E-state index contributed by atoms with van der Waals surface area (Å²) in [6.07, 6.45) is 1.82. The van der Waals surface area contributed by atoms with Gasteiger partial charge in [0.05, 0.1) is 11.0 Å². The van der Waals surface area contributed by atoms with E-state index < -0.39 is 0 Å². The van der Waals surface area contributed by atoms with Crippen LogP contribution in [0.1, 0.15) is 13.8 Å². The third kappa shape index (κ3) is 1.45. The maximum Gasteiger partial charge on any atom is 0.108 e. The minimum Gasteiger partial charge on any atom is -0.359 e. The highest BCUT2D eigenvalue weighted by Gasteiger charge is 2.05. The summed E-state index contributed by atoms with van der Waals surface area (Å²) in [7, 11) is 0. The lowest BCUT2D eigenvalue weighted by atomic mass is 10.4. The van der Waals surface area contributed by atoms with Gasteiger partial charge in [0.15, 0.2) is 0 Å². The van der Waals surface area contributed by atoms with Crippen LogP contribution in [0.2, 0.25) is 0 Å². The predicted octanol–water partition coefficient (Wildman–Crippen LogP) is 2.41. The van der Waals surface area contributed by atoms with Crippen molar-refractivity contribution in [3.63, 3.8) is 0 Å². The zero-order valence-electron chi connectivity index (χ0n) is 8.62. The molecule has 0 atom stereocenters. The number of aromatic nitrogens is 2. The van der Waals surface area contributed by atoms with Crippen LogP contribution in [0.3, 0.4) is 0 Å². The average Bonchev–Trinajstić information content (AvgIpc) is 2.63. The largest absolute Gasteiger partial charge is 0.359 e. The zero-order valence-corrected chi connectivity index (χ0v) is 8.62. The number of anilines is 1. The van der Waals surface area contributed by atoms with Crippen LogP contribution in [-0.4, -0.2) is 23.1 Å². The number of H-pyrrole nitrogens is 1. The van der Waals surface area contributed by atoms with Crippen LogP contribution in [-0.2, 0) is 0 Å². The van der Waals surface area contributed by atoms with Crippen molar-refractivity contribution >= 4 is 16.9 Å². The fourth-order valence-corrected chi connectivity index (χ4v) is 1.68. The van der Waals surface area contributed by atoms with Gasteiger partial charge in [-0.2, -0.15) is 0 Å². The van der Waals surface area contributed by atoms with Crippen LogP contribution < -0.4 is 4.90 Å². The smallest absolute Gasteiger partial charge is 0.108 e. The van der Waals surface area contributed by atoms with Crippen LogP contribution in [0, 0.1) is 0 Å². The van der Waals surface area contributed by atoms with Gasteiger partial charge >= 0.3 is 0 Å². The first kappa shape index (κ1) is 9.06. The molecule has 3 nitrogen and oxygen atoms in total. The van der Waals surface area contributed by atoms with E-state index in [4.69, 9.17) is 0 Å². The van der Waals surface area contributed by atoms with Crippen LogP contribution in [0.5, 0.6) is 0 Å². The molecule has 14 heavy (non-hydrogen) atoms. The van der Waals surface area contributed by atoms with E-state index in [9.17, 15) is 0 Å². The van der Waals surface area contributed by atoms with Gasteiger partial charge in [-0.1, -0.05) is 0 Å². The van der Waals surface area contributed by atoms with Crippen LogP contribution in [0.4, 0.5) is 5.82 Å². The molecule has 2 aromatic rings. The molecule has 0 aliphatic heterocycles. The topological polar surface area (TPSA) is 31.9 Å². The van der Waals surface area contributed by atoms with Crippen molar-refractivity contribution in [1.29, 1.82) is 0 Å². The quantitative estimate of drug-likeness (QED) is 0.804. The highest BCUT2D eigenvalue weighted by atomic mass is 15.2. The molecule has 0 aromatic carbocycles. The summed E-state index contributed by atoms with van der Waals surface area (Å²) < 4.78 is 0. The maximum atomic E-state index is 4.29. The first-order chi connectivity index (χ1) is 6.85. The lowest BCUT2D eigenvalue weighted by molar-refractivity contribution is 0.853. The Kier molecular flexibility index (Phi) is 2.39. The molecule has 0 bridgehead atoms. The molecule has 0 saturated carbocycles. The summed E-state index contributed by atoms with van der Waals surface area (Å²) in [5, 5.41) is 0. The summed E-state index contributed by atoms with van der Waals surface area (Å²) in [5.74, 6) is 1.16. The third-order valence-electron chi connectivity index (χ3n) is 2.48. The van der Waals surface area contributed by atoms with E-state index in [0.717, 1.165) is 29.9 Å². The summed E-state index contributed by atoms with van der Waals surface area (Å²) in [5.41, 5.74) is 2.14. The SMILES string of the molecule is CCN(CC)c1cc2ncccc2[nH]1. The number of hydrogen-bond acceptors (Lipinski definition) is 2. The van der Waals surface area contributed by atoms with Gasteiger partial charge in [-0.3, -0.25) is 4.98 Å². The number of aromatic amines is 1. The Morgan fingerprint density at radius 1 is 1.36 bits per heavy atom. The number of fused-ring (bicyclic) bond motifs is 1. The van der Waals surface area contributed by atoms with Crippen molar-refractivity contribution in [3.05, 3.63) is 24.4 Å². The number of nitrogens with zero attached hydrogens (tertiary/aromatic N) is 2. The van der Waals surface area contributed by atoms with Gasteiger partial charge in [0, 0.05) is 25.4 Å². The average molecular weight is 189 g/mol. The Morgan fingerprint density at radius 2 is 2.14 bits per heavy atom. The Labute approximate surface area is 83.8 Å². The van der Waals surface area contributed by atoms with E-state index in [1.165, 1.54) is 0 Å². The molecule has 0 aliphatic carbocycles. The second kappa shape index (κ2) is 3.70. The molecule has 0 spiro atoms. The van der Waals surface area contributed by atoms with Crippen LogP contribution in [0.25, 0.3) is 11.0 Å². The number of hydrogen-bond donors (Lipinski definition) is 1. The number of rotatable bonds is 3. The standard InChI is InChI=1S/C11H15N3/c1-3-14(4-2)11-8-10-9(13-11)6-5-7-12-10/h5-8,13H,3-4H2,1-2H3. The highest BCUT2D eigenvalue weighted by Crippen LogP contribution is 2.19. The number of nitrogens with one attached hydrogen (secondary N) is 1. The molecule has 3 heteroatoms. The van der Waals surface area contributed by atoms with Gasteiger partial charge in [-0.05, 0) is 26.0 Å². The summed E-state index contributed by atoms with van der Waals surface area (Å²) in [4.78, 5) is 9.94. The lowest BCUT2D eigenvalue weighted by Crippen LogP contribution is -2.21. The van der Waals surface area contributed by atoms with Gasteiger partial charge in [0.1, 0.15) is 5.82 Å². The summed E-state index contributed by atoms with van der Waals surface area (Å²) >= 11 is 0. The molecule has 74 valence electrons. The first-order valence-corrected chi connectivity index (χ1v) is 5.03. The molecule has 0 saturated heterocycles. The zero-order chi connectivity index (χ0) is 9.97. The van der Waals surface area contributed by atoms with Gasteiger partial charge < -0.3 is 9.88 Å². The molecule has 0 fully saturated rings. The Hall–Kier alpha value is -1.51. The Balaban J connectivity index is 2.43. The van der Waals surface area contributed by atoms with Crippen molar-refractivity contribution in [2.45, 2.75) is 13.8 Å². The third-order valence-corrected chi connectivity index (χ3v) is 2.48. The number of pyridine rings is 1. The highest BCUT2D eigenvalue weighted by molar-refractivity contribution is 5.79. The van der Waals surface area contributed by atoms with Crippen molar-refractivity contribution in [2.24, 2.45) is 0 Å². The van der Waals surface area contributed by atoms with Crippen molar-refractivity contribution in [3.8, 4) is 0 Å². The minimum atomic E-state index is 1.02. The monoisotopic (exact) mass is 189 g/mol. The minimum absolute atomic E-state index is 1.02. The maximum absolute atomic E-state index is 4.29. The molecule has 2 heterocycles. The molecule has 0 unspecified atom stereocenters. The van der Waals surface area contributed by atoms with Crippen LogP contribution in [0.15, 0.2) is 24.4 Å². The molecule has 0 radical (unpaired) electrons. The van der Waals surface area contributed by atoms with Crippen LogP contribution >= 0.6 is 0 Å². The molecule has 1 N–H and O–H groups in total. The molecule has 0 amide bonds. The molecule has 2 aromatic heterocycles. The summed E-state index contributed by atoms with van der Waals surface area (Å²) in [6.45, 7) is 6.34. The van der Waals surface area contributed by atoms with E-state index in [1.54, 1.807) is 0 Å². The van der Waals surface area contributed by atoms with E-state index in [1.807, 2.05) is 12.3 Å². The van der Waals surface area contributed by atoms with E-state index in [2.05, 4.69) is 40.8 Å². The van der Waals surface area contributed by atoms with E-state index >= 15 is 0 Å². The second-order valence-electron chi connectivity index (χ2n) is 3.26. The fraction of sp³-hybridized carbons (Fsp3) is 0.364.